The van der Waals surface area contributed by atoms with E-state index in [1.807, 2.05) is 36.2 Å². The molecule has 0 saturated carbocycles. The summed E-state index contributed by atoms with van der Waals surface area (Å²) in [5.74, 6) is -1.07. The highest BCUT2D eigenvalue weighted by atomic mass is 127. The minimum absolute atomic E-state index is 0.0578. The van der Waals surface area contributed by atoms with Crippen molar-refractivity contribution in [1.29, 1.82) is 0 Å². The van der Waals surface area contributed by atoms with E-state index in [0.29, 0.717) is 12.8 Å². The van der Waals surface area contributed by atoms with Crippen LogP contribution in [0.5, 0.6) is 0 Å². The molecule has 0 radical (unpaired) electrons. The highest BCUT2D eigenvalue weighted by molar-refractivity contribution is 14.1. The number of ether oxygens (including phenoxy) is 3. The van der Waals surface area contributed by atoms with Gasteiger partial charge in [-0.2, -0.15) is 0 Å². The third kappa shape index (κ3) is 7.49. The summed E-state index contributed by atoms with van der Waals surface area (Å²) in [6, 6.07) is 0. The Labute approximate surface area is 220 Å². The van der Waals surface area contributed by atoms with Crippen LogP contribution >= 0.6 is 22.6 Å². The van der Waals surface area contributed by atoms with Crippen LogP contribution in [-0.2, 0) is 23.4 Å². The Kier molecular flexibility index (Phi) is 10.2. The molecule has 0 unspecified atom stereocenters. The van der Waals surface area contributed by atoms with Crippen LogP contribution in [0.3, 0.4) is 0 Å². The van der Waals surface area contributed by atoms with Crippen LogP contribution in [0.25, 0.3) is 0 Å². The highest BCUT2D eigenvalue weighted by Crippen LogP contribution is 2.44. The van der Waals surface area contributed by atoms with Crippen molar-refractivity contribution < 1.29 is 28.5 Å². The first-order valence-corrected chi connectivity index (χ1v) is 16.4. The maximum Gasteiger partial charge on any atom is 0.331 e. The van der Waals surface area contributed by atoms with Crippen LogP contribution in [0.1, 0.15) is 60.8 Å². The predicted octanol–water partition coefficient (Wildman–Crippen LogP) is 6.05. The van der Waals surface area contributed by atoms with Crippen LogP contribution in [0, 0.1) is 5.92 Å². The number of hydrogen-bond donors (Lipinski definition) is 1. The Bertz CT molecular complexity index is 785. The van der Waals surface area contributed by atoms with E-state index in [1.165, 1.54) is 6.08 Å². The van der Waals surface area contributed by atoms with Gasteiger partial charge in [-0.3, -0.25) is 0 Å². The van der Waals surface area contributed by atoms with E-state index in [-0.39, 0.29) is 41.8 Å². The Morgan fingerprint density at radius 3 is 2.56 bits per heavy atom. The van der Waals surface area contributed by atoms with Gasteiger partial charge in [0.1, 0.15) is 11.7 Å². The molecule has 2 heterocycles. The van der Waals surface area contributed by atoms with Crippen LogP contribution in [-0.4, -0.2) is 55.7 Å². The van der Waals surface area contributed by atoms with Gasteiger partial charge in [0.05, 0.1) is 12.2 Å². The Morgan fingerprint density at radius 1 is 1.32 bits per heavy atom. The third-order valence-electron chi connectivity index (χ3n) is 7.09. The fourth-order valence-electron chi connectivity index (χ4n) is 4.24. The maximum absolute atomic E-state index is 11.9. The largest absolute Gasteiger partial charge is 0.454 e. The summed E-state index contributed by atoms with van der Waals surface area (Å²) in [5, 5.41) is 10.1. The van der Waals surface area contributed by atoms with Gasteiger partial charge in [0.15, 0.2) is 14.1 Å². The zero-order valence-electron chi connectivity index (χ0n) is 22.0. The fraction of sp³-hybridized carbons (Fsp3) is 0.731. The molecule has 2 aliphatic heterocycles. The van der Waals surface area contributed by atoms with Crippen LogP contribution in [0.4, 0.5) is 0 Å². The molecule has 34 heavy (non-hydrogen) atoms. The minimum atomic E-state index is -2.03. The number of rotatable bonds is 10. The van der Waals surface area contributed by atoms with Crippen molar-refractivity contribution in [2.75, 3.05) is 6.61 Å². The zero-order chi connectivity index (χ0) is 25.8. The van der Waals surface area contributed by atoms with Crippen LogP contribution < -0.4 is 0 Å². The number of esters is 1. The molecule has 0 aromatic carbocycles. The predicted molar refractivity (Wildman–Crippen MR) is 146 cm³/mol. The van der Waals surface area contributed by atoms with Crippen molar-refractivity contribution in [3.8, 4) is 0 Å². The lowest BCUT2D eigenvalue weighted by molar-refractivity contribution is -0.158. The first-order chi connectivity index (χ1) is 15.7. The van der Waals surface area contributed by atoms with Gasteiger partial charge in [-0.15, -0.1) is 0 Å². The third-order valence-corrected chi connectivity index (χ3v) is 12.0. The average molecular weight is 607 g/mol. The lowest BCUT2D eigenvalue weighted by atomic mass is 9.87. The molecule has 0 amide bonds. The number of halogens is 1. The van der Waals surface area contributed by atoms with E-state index in [0.717, 1.165) is 6.42 Å². The van der Waals surface area contributed by atoms with Gasteiger partial charge in [-0.25, -0.2) is 4.79 Å². The van der Waals surface area contributed by atoms with Crippen molar-refractivity contribution in [3.05, 3.63) is 34.5 Å². The lowest BCUT2D eigenvalue weighted by Gasteiger charge is -2.40. The molecule has 1 fully saturated rings. The van der Waals surface area contributed by atoms with Gasteiger partial charge in [-0.1, -0.05) is 68.5 Å². The number of carbonyl (C=O) groups is 1. The highest BCUT2D eigenvalue weighted by Gasteiger charge is 2.52. The summed E-state index contributed by atoms with van der Waals surface area (Å²) < 4.78 is 27.2. The number of aliphatic hydroxyl groups is 1. The van der Waals surface area contributed by atoms with E-state index in [9.17, 15) is 9.90 Å². The van der Waals surface area contributed by atoms with Gasteiger partial charge in [-0.05, 0) is 48.6 Å². The van der Waals surface area contributed by atoms with Crippen molar-refractivity contribution in [2.45, 2.75) is 109 Å². The van der Waals surface area contributed by atoms with Gasteiger partial charge in [0.2, 0.25) is 0 Å². The molecular formula is C26H43IO6Si. The molecule has 194 valence electrons. The monoisotopic (exact) mass is 606 g/mol. The molecule has 0 aromatic heterocycles. The summed E-state index contributed by atoms with van der Waals surface area (Å²) >= 11 is 2.22. The summed E-state index contributed by atoms with van der Waals surface area (Å²) in [6.07, 6.45) is 10.2. The molecule has 1 N–H and O–H groups in total. The van der Waals surface area contributed by atoms with Crippen molar-refractivity contribution in [2.24, 2.45) is 5.92 Å². The van der Waals surface area contributed by atoms with Crippen LogP contribution in [0.2, 0.25) is 18.1 Å². The first-order valence-electron chi connectivity index (χ1n) is 12.2. The average Bonchev–Trinajstić information content (AvgIpc) is 2.95. The molecule has 2 rings (SSSR count). The summed E-state index contributed by atoms with van der Waals surface area (Å²) in [5.41, 5.74) is -0.863. The van der Waals surface area contributed by atoms with E-state index in [4.69, 9.17) is 18.6 Å². The Morgan fingerprint density at radius 2 is 2.00 bits per heavy atom. The second kappa shape index (κ2) is 11.7. The fourth-order valence-corrected chi connectivity index (χ4v) is 5.99. The van der Waals surface area contributed by atoms with Gasteiger partial charge >= 0.3 is 5.97 Å². The molecule has 5 atom stereocenters. The van der Waals surface area contributed by atoms with E-state index >= 15 is 0 Å². The van der Waals surface area contributed by atoms with Crippen molar-refractivity contribution in [3.63, 3.8) is 0 Å². The topological polar surface area (TPSA) is 74.2 Å². The number of carbonyl (C=O) groups excluding carboxylic acids is 1. The SMILES string of the molecule is CC[C@H]1C=CC(=O)O[C@H]1C=C[C@@]1(CCO)OC(C)(C)O[C@@H]1C[C@H](/C=C/I)O[Si](C)(C)C(C)(C)C. The number of hydrogen-bond acceptors (Lipinski definition) is 6. The molecular weight excluding hydrogens is 563 g/mol. The molecule has 0 bridgehead atoms. The molecule has 6 nitrogen and oxygen atoms in total. The second-order valence-corrected chi connectivity index (χ2v) is 16.7. The second-order valence-electron chi connectivity index (χ2n) is 11.2. The van der Waals surface area contributed by atoms with E-state index < -0.39 is 19.7 Å². The standard InChI is InChI=1S/C26H43IO6Si/c1-9-19-10-11-23(29)30-21(19)12-14-26(15-17-28)22(31-25(5,6)33-26)18-20(13-16-27)32-34(7,8)24(2,3)4/h10-14,16,19-22,28H,9,15,17-18H2,1-8H3/b14-12?,16-13+/t19-,20-,21-,22+,26-/m0/s1. The van der Waals surface area contributed by atoms with E-state index in [1.54, 1.807) is 0 Å². The quantitative estimate of drug-likeness (QED) is 0.141. The smallest absolute Gasteiger partial charge is 0.331 e. The van der Waals surface area contributed by atoms with Crippen molar-refractivity contribution >= 4 is 36.9 Å². The van der Waals surface area contributed by atoms with Crippen LogP contribution in [0.15, 0.2) is 34.5 Å². The summed E-state index contributed by atoms with van der Waals surface area (Å²) in [4.78, 5) is 11.9. The lowest BCUT2D eigenvalue weighted by Crippen LogP contribution is -2.46. The molecule has 1 saturated heterocycles. The van der Waals surface area contributed by atoms with E-state index in [2.05, 4.69) is 69.5 Å². The minimum Gasteiger partial charge on any atom is -0.454 e. The Hall–Kier alpha value is -0.523. The maximum atomic E-state index is 11.9. The number of aliphatic hydroxyl groups excluding tert-OH is 1. The summed E-state index contributed by atoms with van der Waals surface area (Å²) in [6.45, 7) is 17.0. The molecule has 0 spiro atoms. The molecule has 8 heteroatoms. The Balaban J connectivity index is 2.37. The molecule has 0 aromatic rings. The van der Waals surface area contributed by atoms with Gasteiger partial charge < -0.3 is 23.7 Å². The molecule has 0 aliphatic carbocycles. The molecule has 2 aliphatic rings. The van der Waals surface area contributed by atoms with Gasteiger partial charge in [0, 0.05) is 31.4 Å². The van der Waals surface area contributed by atoms with Gasteiger partial charge in [0.25, 0.3) is 0 Å². The van der Waals surface area contributed by atoms with Crippen molar-refractivity contribution in [1.82, 2.24) is 0 Å². The summed E-state index contributed by atoms with van der Waals surface area (Å²) in [7, 11) is -2.03. The number of cyclic esters (lactones) is 1. The normalized spacial score (nSPS) is 30.9. The first kappa shape index (κ1) is 29.7. The zero-order valence-corrected chi connectivity index (χ0v) is 25.1.